The number of nitrogens with zero attached hydrogens (tertiary/aromatic N) is 1. The summed E-state index contributed by atoms with van der Waals surface area (Å²) in [5.41, 5.74) is 4.73. The summed E-state index contributed by atoms with van der Waals surface area (Å²) in [6.45, 7) is 1.81. The number of anilines is 1. The quantitative estimate of drug-likeness (QED) is 0.459. The Bertz CT molecular complexity index is 690. The molecule has 0 saturated carbocycles. The molecule has 0 atom stereocenters. The Kier molecular flexibility index (Phi) is 5.64. The Morgan fingerprint density at radius 2 is 1.43 bits per heavy atom. The molecule has 0 heterocycles. The van der Waals surface area contributed by atoms with E-state index in [0.29, 0.717) is 36.5 Å². The van der Waals surface area contributed by atoms with Crippen molar-refractivity contribution in [2.75, 3.05) is 5.43 Å². The molecule has 0 amide bonds. The maximum atomic E-state index is 6.13. The van der Waals surface area contributed by atoms with Gasteiger partial charge in [-0.25, -0.2) is 0 Å². The summed E-state index contributed by atoms with van der Waals surface area (Å²) in [4.78, 5) is 0. The third kappa shape index (κ3) is 4.18. The lowest BCUT2D eigenvalue weighted by molar-refractivity contribution is 1.32. The van der Waals surface area contributed by atoms with Crippen LogP contribution < -0.4 is 5.43 Å². The van der Waals surface area contributed by atoms with E-state index in [0.717, 1.165) is 5.56 Å². The molecule has 21 heavy (non-hydrogen) atoms. The Labute approximate surface area is 147 Å². The summed E-state index contributed by atoms with van der Waals surface area (Å²) in [5, 5.41) is 6.53. The first kappa shape index (κ1) is 16.7. The second kappa shape index (κ2) is 7.08. The minimum atomic E-state index is 0.381. The molecule has 1 N–H and O–H groups in total. The zero-order valence-corrected chi connectivity index (χ0v) is 14.5. The van der Waals surface area contributed by atoms with Crippen molar-refractivity contribution in [3.05, 3.63) is 61.0 Å². The van der Waals surface area contributed by atoms with Gasteiger partial charge in [0.05, 0.1) is 26.5 Å². The van der Waals surface area contributed by atoms with Crippen LogP contribution in [0.15, 0.2) is 35.4 Å². The SMILES string of the molecule is C/C(=N/Nc1c(Cl)cc(Cl)cc1Cl)c1ccc(Cl)cc1Cl. The van der Waals surface area contributed by atoms with Gasteiger partial charge in [-0.2, -0.15) is 5.10 Å². The Morgan fingerprint density at radius 1 is 0.857 bits per heavy atom. The van der Waals surface area contributed by atoms with E-state index in [1.54, 1.807) is 37.3 Å². The summed E-state index contributed by atoms with van der Waals surface area (Å²) in [5.74, 6) is 0. The van der Waals surface area contributed by atoms with E-state index in [9.17, 15) is 0 Å². The van der Waals surface area contributed by atoms with Crippen molar-refractivity contribution in [2.45, 2.75) is 6.92 Å². The molecule has 0 radical (unpaired) electrons. The van der Waals surface area contributed by atoms with Gasteiger partial charge in [0.1, 0.15) is 0 Å². The predicted octanol–water partition coefficient (Wildman–Crippen LogP) is 6.79. The van der Waals surface area contributed by atoms with Crippen molar-refractivity contribution >= 4 is 69.4 Å². The fourth-order valence-electron chi connectivity index (χ4n) is 1.63. The monoisotopic (exact) mass is 380 g/mol. The summed E-state index contributed by atoms with van der Waals surface area (Å²) in [6.07, 6.45) is 0. The fraction of sp³-hybridized carbons (Fsp3) is 0.0714. The predicted molar refractivity (Wildman–Crippen MR) is 93.8 cm³/mol. The molecule has 2 nitrogen and oxygen atoms in total. The van der Waals surface area contributed by atoms with Gasteiger partial charge in [-0.3, -0.25) is 5.43 Å². The van der Waals surface area contributed by atoms with Crippen LogP contribution in [0.3, 0.4) is 0 Å². The largest absolute Gasteiger partial charge is 0.275 e. The minimum absolute atomic E-state index is 0.381. The van der Waals surface area contributed by atoms with Crippen molar-refractivity contribution in [1.29, 1.82) is 0 Å². The van der Waals surface area contributed by atoms with Gasteiger partial charge < -0.3 is 0 Å². The summed E-state index contributed by atoms with van der Waals surface area (Å²) in [7, 11) is 0. The van der Waals surface area contributed by atoms with Crippen LogP contribution in [0.4, 0.5) is 5.69 Å². The van der Waals surface area contributed by atoms with Crippen molar-refractivity contribution in [3.8, 4) is 0 Å². The average molecular weight is 383 g/mol. The molecule has 2 aromatic carbocycles. The number of halogens is 5. The second-order valence-corrected chi connectivity index (χ2v) is 6.27. The normalized spacial score (nSPS) is 11.6. The number of rotatable bonds is 3. The smallest absolute Gasteiger partial charge is 0.0935 e. The molecule has 0 spiro atoms. The van der Waals surface area contributed by atoms with Crippen LogP contribution in [-0.4, -0.2) is 5.71 Å². The molecule has 0 aliphatic rings. The Morgan fingerprint density at radius 3 is 2.00 bits per heavy atom. The molecule has 110 valence electrons. The Balaban J connectivity index is 2.29. The van der Waals surface area contributed by atoms with E-state index in [1.165, 1.54) is 0 Å². The minimum Gasteiger partial charge on any atom is -0.275 e. The first-order valence-electron chi connectivity index (χ1n) is 5.78. The number of hydrogen-bond acceptors (Lipinski definition) is 2. The highest BCUT2D eigenvalue weighted by atomic mass is 35.5. The lowest BCUT2D eigenvalue weighted by Crippen LogP contribution is -2.01. The lowest BCUT2D eigenvalue weighted by Gasteiger charge is -2.09. The van der Waals surface area contributed by atoms with Gasteiger partial charge in [-0.15, -0.1) is 0 Å². The highest BCUT2D eigenvalue weighted by Crippen LogP contribution is 2.33. The zero-order chi connectivity index (χ0) is 15.6. The number of hydrazone groups is 1. The molecule has 0 bridgehead atoms. The lowest BCUT2D eigenvalue weighted by atomic mass is 10.1. The summed E-state index contributed by atoms with van der Waals surface area (Å²) >= 11 is 30.0. The maximum absolute atomic E-state index is 6.13. The molecule has 0 aliphatic carbocycles. The molecule has 0 saturated heterocycles. The standard InChI is InChI=1S/C14H9Cl5N2/c1-7(10-3-2-8(15)4-11(10)17)20-21-14-12(18)5-9(16)6-13(14)19/h2-6,21H,1H3/b20-7-. The van der Waals surface area contributed by atoms with Gasteiger partial charge >= 0.3 is 0 Å². The van der Waals surface area contributed by atoms with Crippen LogP contribution in [0.1, 0.15) is 12.5 Å². The molecule has 2 rings (SSSR count). The van der Waals surface area contributed by atoms with Gasteiger partial charge in [-0.1, -0.05) is 64.1 Å². The van der Waals surface area contributed by atoms with E-state index in [2.05, 4.69) is 10.5 Å². The van der Waals surface area contributed by atoms with Crippen LogP contribution >= 0.6 is 58.0 Å². The molecule has 0 fully saturated rings. The van der Waals surface area contributed by atoms with Gasteiger partial charge in [0.25, 0.3) is 0 Å². The van der Waals surface area contributed by atoms with Crippen LogP contribution in [0, 0.1) is 0 Å². The van der Waals surface area contributed by atoms with Crippen molar-refractivity contribution in [1.82, 2.24) is 0 Å². The van der Waals surface area contributed by atoms with Crippen molar-refractivity contribution in [2.24, 2.45) is 5.10 Å². The highest BCUT2D eigenvalue weighted by molar-refractivity contribution is 6.41. The summed E-state index contributed by atoms with van der Waals surface area (Å²) in [6, 6.07) is 8.34. The molecule has 7 heteroatoms. The summed E-state index contributed by atoms with van der Waals surface area (Å²) < 4.78 is 0. The first-order valence-corrected chi connectivity index (χ1v) is 7.67. The zero-order valence-electron chi connectivity index (χ0n) is 10.7. The van der Waals surface area contributed by atoms with Crippen molar-refractivity contribution in [3.63, 3.8) is 0 Å². The van der Waals surface area contributed by atoms with Gasteiger partial charge in [-0.05, 0) is 31.2 Å². The topological polar surface area (TPSA) is 24.4 Å². The van der Waals surface area contributed by atoms with Gasteiger partial charge in [0, 0.05) is 15.6 Å². The van der Waals surface area contributed by atoms with Crippen LogP contribution in [0.2, 0.25) is 25.1 Å². The third-order valence-corrected chi connectivity index (χ3v) is 4.03. The second-order valence-electron chi connectivity index (χ2n) is 4.18. The fourth-order valence-corrected chi connectivity index (χ4v) is 3.08. The Hall–Kier alpha value is -0.640. The maximum Gasteiger partial charge on any atom is 0.0935 e. The first-order chi connectivity index (χ1) is 9.88. The molecular formula is C14H9Cl5N2. The molecule has 0 unspecified atom stereocenters. The van der Waals surface area contributed by atoms with Crippen LogP contribution in [0.5, 0.6) is 0 Å². The van der Waals surface area contributed by atoms with Gasteiger partial charge in [0.15, 0.2) is 0 Å². The van der Waals surface area contributed by atoms with Gasteiger partial charge in [0.2, 0.25) is 0 Å². The number of nitrogens with one attached hydrogen (secondary N) is 1. The molecule has 0 aromatic heterocycles. The molecule has 0 aliphatic heterocycles. The van der Waals surface area contributed by atoms with Crippen LogP contribution in [-0.2, 0) is 0 Å². The van der Waals surface area contributed by atoms with E-state index in [-0.39, 0.29) is 0 Å². The average Bonchev–Trinajstić information content (AvgIpc) is 2.36. The number of hydrogen-bond donors (Lipinski definition) is 1. The van der Waals surface area contributed by atoms with E-state index >= 15 is 0 Å². The molecule has 2 aromatic rings. The van der Waals surface area contributed by atoms with E-state index in [4.69, 9.17) is 58.0 Å². The highest BCUT2D eigenvalue weighted by Gasteiger charge is 2.08. The third-order valence-electron chi connectivity index (χ3n) is 2.66. The number of benzene rings is 2. The molecular weight excluding hydrogens is 373 g/mol. The van der Waals surface area contributed by atoms with Crippen molar-refractivity contribution < 1.29 is 0 Å². The van der Waals surface area contributed by atoms with Crippen LogP contribution in [0.25, 0.3) is 0 Å². The van der Waals surface area contributed by atoms with E-state index in [1.807, 2.05) is 0 Å². The van der Waals surface area contributed by atoms with E-state index < -0.39 is 0 Å².